The van der Waals surface area contributed by atoms with Crippen molar-refractivity contribution in [3.63, 3.8) is 0 Å². The Hall–Kier alpha value is -1.16. The SMILES string of the molecule is COc1ccc(N(C)C(=O)CS)c(C)c1C. The largest absolute Gasteiger partial charge is 0.496 e. The second kappa shape index (κ2) is 5.25. The van der Waals surface area contributed by atoms with Crippen LogP contribution in [0.2, 0.25) is 0 Å². The molecule has 0 N–H and O–H groups in total. The first kappa shape index (κ1) is 12.9. The molecule has 1 aromatic rings. The van der Waals surface area contributed by atoms with Crippen LogP contribution in [0.15, 0.2) is 12.1 Å². The lowest BCUT2D eigenvalue weighted by Crippen LogP contribution is -2.28. The number of amides is 1. The van der Waals surface area contributed by atoms with E-state index in [2.05, 4.69) is 12.6 Å². The quantitative estimate of drug-likeness (QED) is 0.819. The second-order valence-corrected chi connectivity index (χ2v) is 3.96. The topological polar surface area (TPSA) is 29.5 Å². The normalized spacial score (nSPS) is 10.1. The Morgan fingerprint density at radius 1 is 1.38 bits per heavy atom. The monoisotopic (exact) mass is 239 g/mol. The molecule has 0 heterocycles. The number of carbonyl (C=O) groups is 1. The molecule has 0 atom stereocenters. The van der Waals surface area contributed by atoms with Crippen molar-refractivity contribution in [3.8, 4) is 5.75 Å². The minimum Gasteiger partial charge on any atom is -0.496 e. The highest BCUT2D eigenvalue weighted by Crippen LogP contribution is 2.29. The number of anilines is 1. The molecule has 0 aliphatic rings. The first-order valence-electron chi connectivity index (χ1n) is 5.04. The second-order valence-electron chi connectivity index (χ2n) is 3.65. The number of rotatable bonds is 3. The summed E-state index contributed by atoms with van der Waals surface area (Å²) in [4.78, 5) is 13.2. The van der Waals surface area contributed by atoms with Gasteiger partial charge in [-0.15, -0.1) is 0 Å². The van der Waals surface area contributed by atoms with E-state index in [9.17, 15) is 4.79 Å². The van der Waals surface area contributed by atoms with Crippen LogP contribution in [0.5, 0.6) is 5.75 Å². The number of thiol groups is 1. The number of hydrogen-bond acceptors (Lipinski definition) is 3. The molecule has 0 spiro atoms. The number of ether oxygens (including phenoxy) is 1. The van der Waals surface area contributed by atoms with Crippen molar-refractivity contribution in [1.82, 2.24) is 0 Å². The summed E-state index contributed by atoms with van der Waals surface area (Å²) in [7, 11) is 3.40. The van der Waals surface area contributed by atoms with Crippen LogP contribution in [0.3, 0.4) is 0 Å². The number of methoxy groups -OCH3 is 1. The molecule has 1 rings (SSSR count). The van der Waals surface area contributed by atoms with Crippen LogP contribution in [0.4, 0.5) is 5.69 Å². The maximum absolute atomic E-state index is 11.5. The van der Waals surface area contributed by atoms with Crippen LogP contribution >= 0.6 is 12.6 Å². The molecular formula is C12H17NO2S. The van der Waals surface area contributed by atoms with Crippen molar-refractivity contribution >= 4 is 24.2 Å². The third kappa shape index (κ3) is 2.32. The predicted molar refractivity (Wildman–Crippen MR) is 69.7 cm³/mol. The van der Waals surface area contributed by atoms with Crippen molar-refractivity contribution in [3.05, 3.63) is 23.3 Å². The maximum atomic E-state index is 11.5. The fourth-order valence-electron chi connectivity index (χ4n) is 1.61. The fourth-order valence-corrected chi connectivity index (χ4v) is 1.82. The Balaban J connectivity index is 3.17. The van der Waals surface area contributed by atoms with E-state index in [0.717, 1.165) is 22.6 Å². The average molecular weight is 239 g/mol. The zero-order chi connectivity index (χ0) is 12.3. The summed E-state index contributed by atoms with van der Waals surface area (Å²) in [6.07, 6.45) is 0. The lowest BCUT2D eigenvalue weighted by atomic mass is 10.1. The van der Waals surface area contributed by atoms with Gasteiger partial charge in [-0.2, -0.15) is 12.6 Å². The Kier molecular flexibility index (Phi) is 4.24. The van der Waals surface area contributed by atoms with Crippen molar-refractivity contribution in [2.45, 2.75) is 13.8 Å². The lowest BCUT2D eigenvalue weighted by molar-refractivity contribution is -0.115. The van der Waals surface area contributed by atoms with E-state index in [4.69, 9.17) is 4.74 Å². The highest BCUT2D eigenvalue weighted by molar-refractivity contribution is 7.81. The van der Waals surface area contributed by atoms with E-state index in [0.29, 0.717) is 0 Å². The summed E-state index contributed by atoms with van der Waals surface area (Å²) in [5.41, 5.74) is 3.01. The standard InChI is InChI=1S/C12H17NO2S/c1-8-9(2)11(15-4)6-5-10(8)13(3)12(14)7-16/h5-6,16H,7H2,1-4H3. The molecule has 0 saturated carbocycles. The highest BCUT2D eigenvalue weighted by Gasteiger charge is 2.14. The van der Waals surface area contributed by atoms with Crippen LogP contribution in [0, 0.1) is 13.8 Å². The molecule has 0 saturated heterocycles. The minimum atomic E-state index is -0.0176. The number of carbonyl (C=O) groups excluding carboxylic acids is 1. The minimum absolute atomic E-state index is 0.0176. The van der Waals surface area contributed by atoms with E-state index in [1.54, 1.807) is 19.1 Å². The Morgan fingerprint density at radius 3 is 2.50 bits per heavy atom. The van der Waals surface area contributed by atoms with Gasteiger partial charge in [0.1, 0.15) is 5.75 Å². The Bertz CT molecular complexity index is 404. The summed E-state index contributed by atoms with van der Waals surface area (Å²) < 4.78 is 5.23. The van der Waals surface area contributed by atoms with Gasteiger partial charge in [0, 0.05) is 12.7 Å². The number of nitrogens with zero attached hydrogens (tertiary/aromatic N) is 1. The van der Waals surface area contributed by atoms with Crippen LogP contribution in [0.25, 0.3) is 0 Å². The smallest absolute Gasteiger partial charge is 0.236 e. The summed E-state index contributed by atoms with van der Waals surface area (Å²) >= 11 is 3.99. The van der Waals surface area contributed by atoms with Crippen molar-refractivity contribution in [1.29, 1.82) is 0 Å². The van der Waals surface area contributed by atoms with Gasteiger partial charge in [-0.1, -0.05) is 0 Å². The summed E-state index contributed by atoms with van der Waals surface area (Å²) in [5.74, 6) is 1.03. The van der Waals surface area contributed by atoms with Crippen LogP contribution in [-0.4, -0.2) is 25.8 Å². The first-order chi connectivity index (χ1) is 7.52. The van der Waals surface area contributed by atoms with Crippen LogP contribution in [-0.2, 0) is 4.79 Å². The summed E-state index contributed by atoms with van der Waals surface area (Å²) in [5, 5.41) is 0. The molecule has 1 aromatic carbocycles. The van der Waals surface area contributed by atoms with Crippen molar-refractivity contribution < 1.29 is 9.53 Å². The molecule has 88 valence electrons. The average Bonchev–Trinajstić information content (AvgIpc) is 2.30. The van der Waals surface area contributed by atoms with Crippen LogP contribution in [0.1, 0.15) is 11.1 Å². The molecular weight excluding hydrogens is 222 g/mol. The zero-order valence-electron chi connectivity index (χ0n) is 10.1. The van der Waals surface area contributed by atoms with Gasteiger partial charge in [-0.3, -0.25) is 4.79 Å². The fraction of sp³-hybridized carbons (Fsp3) is 0.417. The molecule has 0 aliphatic carbocycles. The van der Waals surface area contributed by atoms with E-state index < -0.39 is 0 Å². The zero-order valence-corrected chi connectivity index (χ0v) is 11.0. The molecule has 1 amide bonds. The molecule has 3 nitrogen and oxygen atoms in total. The summed E-state index contributed by atoms with van der Waals surface area (Å²) in [6, 6.07) is 3.77. The van der Waals surface area contributed by atoms with Crippen molar-refractivity contribution in [2.24, 2.45) is 0 Å². The molecule has 0 unspecified atom stereocenters. The van der Waals surface area contributed by atoms with E-state index >= 15 is 0 Å². The maximum Gasteiger partial charge on any atom is 0.236 e. The molecule has 0 radical (unpaired) electrons. The number of hydrogen-bond donors (Lipinski definition) is 1. The van der Waals surface area contributed by atoms with E-state index in [1.807, 2.05) is 26.0 Å². The third-order valence-electron chi connectivity index (χ3n) is 2.80. The van der Waals surface area contributed by atoms with Gasteiger partial charge >= 0.3 is 0 Å². The summed E-state index contributed by atoms with van der Waals surface area (Å²) in [6.45, 7) is 3.96. The Labute approximate surface area is 102 Å². The van der Waals surface area contributed by atoms with Gasteiger partial charge in [-0.05, 0) is 37.1 Å². The van der Waals surface area contributed by atoms with Gasteiger partial charge in [0.25, 0.3) is 0 Å². The molecule has 0 bridgehead atoms. The van der Waals surface area contributed by atoms with Gasteiger partial charge < -0.3 is 9.64 Å². The lowest BCUT2D eigenvalue weighted by Gasteiger charge is -2.21. The van der Waals surface area contributed by atoms with Crippen LogP contribution < -0.4 is 9.64 Å². The van der Waals surface area contributed by atoms with E-state index in [1.165, 1.54) is 0 Å². The molecule has 0 aliphatic heterocycles. The molecule has 0 fully saturated rings. The third-order valence-corrected chi connectivity index (χ3v) is 3.07. The van der Waals surface area contributed by atoms with Crippen molar-refractivity contribution in [2.75, 3.05) is 24.8 Å². The molecule has 16 heavy (non-hydrogen) atoms. The Morgan fingerprint density at radius 2 is 2.00 bits per heavy atom. The van der Waals surface area contributed by atoms with Gasteiger partial charge in [0.15, 0.2) is 0 Å². The highest BCUT2D eigenvalue weighted by atomic mass is 32.1. The van der Waals surface area contributed by atoms with E-state index in [-0.39, 0.29) is 11.7 Å². The first-order valence-corrected chi connectivity index (χ1v) is 5.67. The predicted octanol–water partition coefficient (Wildman–Crippen LogP) is 2.20. The molecule has 0 aromatic heterocycles. The van der Waals surface area contributed by atoms with Gasteiger partial charge in [0.2, 0.25) is 5.91 Å². The molecule has 4 heteroatoms. The van der Waals surface area contributed by atoms with Gasteiger partial charge in [-0.25, -0.2) is 0 Å². The number of benzene rings is 1. The van der Waals surface area contributed by atoms with Gasteiger partial charge in [0.05, 0.1) is 12.9 Å².